The van der Waals surface area contributed by atoms with E-state index in [1.165, 1.54) is 6.42 Å². The molecule has 10 aliphatic rings. The monoisotopic (exact) mass is 673 g/mol. The summed E-state index contributed by atoms with van der Waals surface area (Å²) < 4.78 is 0. The zero-order chi connectivity index (χ0) is 31.6. The van der Waals surface area contributed by atoms with Crippen molar-refractivity contribution in [3.63, 3.8) is 0 Å². The molecule has 9 saturated carbocycles. The lowest BCUT2D eigenvalue weighted by molar-refractivity contribution is -0.0977. The van der Waals surface area contributed by atoms with Gasteiger partial charge in [0.15, 0.2) is 0 Å². The summed E-state index contributed by atoms with van der Waals surface area (Å²) in [5.41, 5.74) is 0. The van der Waals surface area contributed by atoms with Crippen LogP contribution < -0.4 is 0 Å². The second-order valence-corrected chi connectivity index (χ2v) is 22.6. The minimum absolute atomic E-state index is 1.06. The first kappa shape index (κ1) is 33.0. The predicted molar refractivity (Wildman–Crippen MR) is 205 cm³/mol. The molecule has 0 nitrogen and oxygen atoms in total. The summed E-state index contributed by atoms with van der Waals surface area (Å²) in [6.07, 6.45) is 46.7. The van der Waals surface area contributed by atoms with E-state index >= 15 is 0 Å². The maximum absolute atomic E-state index is 2.50. The Hall–Kier alpha value is 0.350. The molecular formula is C47H76S. The molecule has 10 fully saturated rings. The third-order valence-corrected chi connectivity index (χ3v) is 21.4. The number of rotatable bonds is 4. The highest BCUT2D eigenvalue weighted by molar-refractivity contribution is 8.00. The largest absolute Gasteiger partial charge is 0.155 e. The molecule has 0 aromatic heterocycles. The molecule has 0 aromatic rings. The first-order chi connectivity index (χ1) is 23.8. The van der Waals surface area contributed by atoms with E-state index in [0.29, 0.717) is 0 Å². The quantitative estimate of drug-likeness (QED) is 0.286. The Labute approximate surface area is 302 Å². The summed E-state index contributed by atoms with van der Waals surface area (Å²) >= 11 is 2.50. The van der Waals surface area contributed by atoms with Gasteiger partial charge in [-0.05, 0) is 178 Å². The average Bonchev–Trinajstić information content (AvgIpc) is 3.78. The topological polar surface area (TPSA) is 0 Å². The molecule has 1 heterocycles. The Morgan fingerprint density at radius 2 is 0.646 bits per heavy atom. The van der Waals surface area contributed by atoms with Gasteiger partial charge in [-0.15, -0.1) is 0 Å². The molecule has 0 amide bonds. The molecule has 0 radical (unpaired) electrons. The fraction of sp³-hybridized carbons (Fsp3) is 1.00. The molecule has 0 spiro atoms. The van der Waals surface area contributed by atoms with Gasteiger partial charge in [0.25, 0.3) is 0 Å². The molecule has 9 aliphatic carbocycles. The molecule has 1 saturated heterocycles. The Morgan fingerprint density at radius 3 is 1.40 bits per heavy atom. The van der Waals surface area contributed by atoms with Crippen molar-refractivity contribution in [1.29, 1.82) is 0 Å². The highest BCUT2D eigenvalue weighted by atomic mass is 32.2. The molecule has 1 aliphatic heterocycles. The van der Waals surface area contributed by atoms with Crippen molar-refractivity contribution >= 4 is 11.8 Å². The van der Waals surface area contributed by atoms with Gasteiger partial charge in [0.1, 0.15) is 0 Å². The molecule has 0 N–H and O–H groups in total. The van der Waals surface area contributed by atoms with E-state index in [-0.39, 0.29) is 0 Å². The van der Waals surface area contributed by atoms with Crippen LogP contribution in [0, 0.1) is 94.7 Å². The standard InChI is InChI=1S/C47H76S/c1-2-17-36-30(11-1)12-9-21-37(36)33-14-8-16-35(28-33)47-40-20-4-3-19-39(40)46(41-22-10-23-42(41)47)34-15-7-13-31(27-34)32-25-26-45-43(29-32)38-18-5-6-24-44(38)48-45/h30-47H,1-29H2. The lowest BCUT2D eigenvalue weighted by Crippen LogP contribution is -2.52. The summed E-state index contributed by atoms with van der Waals surface area (Å²) in [5, 5.41) is 2.13. The molecule has 18 unspecified atom stereocenters. The van der Waals surface area contributed by atoms with Crippen molar-refractivity contribution in [2.24, 2.45) is 94.7 Å². The average molecular weight is 673 g/mol. The molecule has 0 bridgehead atoms. The fourth-order valence-corrected chi connectivity index (χ4v) is 20.1. The Kier molecular flexibility index (Phi) is 9.82. The van der Waals surface area contributed by atoms with Gasteiger partial charge in [-0.3, -0.25) is 0 Å². The second-order valence-electron chi connectivity index (χ2n) is 21.1. The third-order valence-electron chi connectivity index (χ3n) is 19.5. The van der Waals surface area contributed by atoms with E-state index in [1.54, 1.807) is 180 Å². The molecule has 18 atom stereocenters. The SMILES string of the molecule is C1CCC2C(C1)CCCC2C1CCCC(C2C3CCCCC3C(C3CCCC(C4CCC5SC6CCCCC6C5C4)C3)C3CCCC32)C1. The number of hydrogen-bond donors (Lipinski definition) is 0. The van der Waals surface area contributed by atoms with Crippen LogP contribution >= 0.6 is 11.8 Å². The normalized spacial score (nSPS) is 55.5. The van der Waals surface area contributed by atoms with Crippen molar-refractivity contribution in [3.8, 4) is 0 Å². The smallest absolute Gasteiger partial charge is 0.00814 e. The first-order valence-electron chi connectivity index (χ1n) is 23.5. The van der Waals surface area contributed by atoms with Gasteiger partial charge in [0.05, 0.1) is 0 Å². The fourth-order valence-electron chi connectivity index (χ4n) is 18.0. The maximum Gasteiger partial charge on any atom is 0.00814 e. The van der Waals surface area contributed by atoms with E-state index in [9.17, 15) is 0 Å². The molecular weight excluding hydrogens is 597 g/mol. The minimum atomic E-state index is 1.06. The van der Waals surface area contributed by atoms with Crippen molar-refractivity contribution in [2.75, 3.05) is 0 Å². The summed E-state index contributed by atoms with van der Waals surface area (Å²) in [7, 11) is 0. The summed E-state index contributed by atoms with van der Waals surface area (Å²) in [4.78, 5) is 0. The van der Waals surface area contributed by atoms with E-state index in [0.717, 1.165) is 105 Å². The van der Waals surface area contributed by atoms with Crippen LogP contribution in [-0.2, 0) is 0 Å². The summed E-state index contributed by atoms with van der Waals surface area (Å²) in [5.74, 6) is 18.0. The molecule has 270 valence electrons. The number of fused-ring (bicyclic) bond motifs is 6. The Balaban J connectivity index is 0.855. The maximum atomic E-state index is 2.50. The van der Waals surface area contributed by atoms with Crippen LogP contribution in [0.2, 0.25) is 0 Å². The van der Waals surface area contributed by atoms with Crippen LogP contribution in [0.4, 0.5) is 0 Å². The van der Waals surface area contributed by atoms with Crippen LogP contribution in [0.1, 0.15) is 186 Å². The van der Waals surface area contributed by atoms with E-state index in [4.69, 9.17) is 0 Å². The van der Waals surface area contributed by atoms with Crippen molar-refractivity contribution in [2.45, 2.75) is 197 Å². The van der Waals surface area contributed by atoms with Crippen molar-refractivity contribution in [3.05, 3.63) is 0 Å². The van der Waals surface area contributed by atoms with Gasteiger partial charge >= 0.3 is 0 Å². The molecule has 0 aromatic carbocycles. The van der Waals surface area contributed by atoms with Crippen LogP contribution in [0.5, 0.6) is 0 Å². The Bertz CT molecular complexity index is 1080. The van der Waals surface area contributed by atoms with E-state index in [2.05, 4.69) is 11.8 Å². The molecule has 1 heteroatoms. The third kappa shape index (κ3) is 5.97. The summed E-state index contributed by atoms with van der Waals surface area (Å²) in [6.45, 7) is 0. The number of thioether (sulfide) groups is 1. The van der Waals surface area contributed by atoms with Crippen molar-refractivity contribution in [1.82, 2.24) is 0 Å². The van der Waals surface area contributed by atoms with Gasteiger partial charge in [-0.2, -0.15) is 11.8 Å². The van der Waals surface area contributed by atoms with Gasteiger partial charge in [0, 0.05) is 10.5 Å². The van der Waals surface area contributed by atoms with Crippen molar-refractivity contribution < 1.29 is 0 Å². The predicted octanol–water partition coefficient (Wildman–Crippen LogP) is 13.8. The van der Waals surface area contributed by atoms with E-state index < -0.39 is 0 Å². The van der Waals surface area contributed by atoms with Crippen LogP contribution in [0.15, 0.2) is 0 Å². The van der Waals surface area contributed by atoms with Gasteiger partial charge in [0.2, 0.25) is 0 Å². The first-order valence-corrected chi connectivity index (χ1v) is 24.4. The van der Waals surface area contributed by atoms with Crippen LogP contribution in [0.25, 0.3) is 0 Å². The zero-order valence-electron chi connectivity index (χ0n) is 31.3. The Morgan fingerprint density at radius 1 is 0.229 bits per heavy atom. The lowest BCUT2D eigenvalue weighted by atomic mass is 9.47. The van der Waals surface area contributed by atoms with Gasteiger partial charge < -0.3 is 0 Å². The molecule has 48 heavy (non-hydrogen) atoms. The van der Waals surface area contributed by atoms with Gasteiger partial charge in [-0.1, -0.05) is 103 Å². The lowest BCUT2D eigenvalue weighted by Gasteiger charge is -2.58. The van der Waals surface area contributed by atoms with E-state index in [1.807, 2.05) is 0 Å². The minimum Gasteiger partial charge on any atom is -0.155 e. The highest BCUT2D eigenvalue weighted by Crippen LogP contribution is 2.65. The summed E-state index contributed by atoms with van der Waals surface area (Å²) in [6, 6.07) is 0. The molecule has 10 rings (SSSR count). The van der Waals surface area contributed by atoms with Crippen LogP contribution in [0.3, 0.4) is 0 Å². The van der Waals surface area contributed by atoms with Gasteiger partial charge in [-0.25, -0.2) is 0 Å². The number of hydrogen-bond acceptors (Lipinski definition) is 1. The van der Waals surface area contributed by atoms with Crippen LogP contribution in [-0.4, -0.2) is 10.5 Å². The highest BCUT2D eigenvalue weighted by Gasteiger charge is 2.57. The second kappa shape index (κ2) is 14.3. The zero-order valence-corrected chi connectivity index (χ0v) is 32.1.